The van der Waals surface area contributed by atoms with Crippen molar-refractivity contribution in [2.45, 2.75) is 46.0 Å². The minimum absolute atomic E-state index is 0.514. The summed E-state index contributed by atoms with van der Waals surface area (Å²) in [6.07, 6.45) is 3.69. The van der Waals surface area contributed by atoms with Crippen molar-refractivity contribution in [2.75, 3.05) is 0 Å². The highest BCUT2D eigenvalue weighted by molar-refractivity contribution is 5.37. The Bertz CT molecular complexity index is 329. The van der Waals surface area contributed by atoms with Crippen LogP contribution in [0.1, 0.15) is 48.7 Å². The third-order valence-corrected chi connectivity index (χ3v) is 2.82. The minimum Gasteiger partial charge on any atom is -0.155 e. The van der Waals surface area contributed by atoms with Crippen molar-refractivity contribution in [3.63, 3.8) is 0 Å². The monoisotopic (exact) mass is 176 g/mol. The average Bonchev–Trinajstić information content (AvgIpc) is 2.53. The van der Waals surface area contributed by atoms with Crippen LogP contribution in [0.15, 0.2) is 0 Å². The fraction of sp³-hybridized carbons (Fsp3) is 0.636. The van der Waals surface area contributed by atoms with Gasteiger partial charge in [0.15, 0.2) is 0 Å². The van der Waals surface area contributed by atoms with Crippen LogP contribution in [0.25, 0.3) is 0 Å². The molecule has 0 saturated carbocycles. The molecule has 1 aromatic rings. The van der Waals surface area contributed by atoms with E-state index >= 15 is 0 Å². The van der Waals surface area contributed by atoms with E-state index in [1.165, 1.54) is 36.1 Å². The van der Waals surface area contributed by atoms with Gasteiger partial charge in [-0.15, -0.1) is 0 Å². The molecule has 0 fully saturated rings. The summed E-state index contributed by atoms with van der Waals surface area (Å²) < 4.78 is 0. The topological polar surface area (TPSA) is 25.8 Å². The van der Waals surface area contributed by atoms with E-state index in [9.17, 15) is 0 Å². The summed E-state index contributed by atoms with van der Waals surface area (Å²) in [4.78, 5) is 0. The fourth-order valence-corrected chi connectivity index (χ4v) is 2.14. The highest BCUT2D eigenvalue weighted by atomic mass is 15.1. The molecule has 0 radical (unpaired) electrons. The molecule has 0 unspecified atom stereocenters. The molecule has 0 aliphatic heterocycles. The molecule has 0 saturated heterocycles. The highest BCUT2D eigenvalue weighted by Crippen LogP contribution is 2.29. The van der Waals surface area contributed by atoms with Crippen LogP contribution in [0.2, 0.25) is 0 Å². The van der Waals surface area contributed by atoms with Gasteiger partial charge in [-0.25, -0.2) is 0 Å². The summed E-state index contributed by atoms with van der Waals surface area (Å²) in [5.74, 6) is 0.514. The lowest BCUT2D eigenvalue weighted by molar-refractivity contribution is 0.757. The maximum absolute atomic E-state index is 4.30. The first-order chi connectivity index (χ1) is 6.20. The van der Waals surface area contributed by atoms with Crippen LogP contribution in [0.3, 0.4) is 0 Å². The standard InChI is InChI=1S/C11H16N2/c1-7(2)11-10-6-4-5-9(10)8(3)12-13-11/h7H,4-6H2,1-3H3. The van der Waals surface area contributed by atoms with Crippen LogP contribution in [0, 0.1) is 6.92 Å². The first-order valence-corrected chi connectivity index (χ1v) is 5.05. The normalized spacial score (nSPS) is 15.1. The van der Waals surface area contributed by atoms with E-state index in [4.69, 9.17) is 0 Å². The van der Waals surface area contributed by atoms with Gasteiger partial charge in [0.05, 0.1) is 11.4 Å². The van der Waals surface area contributed by atoms with Gasteiger partial charge in [-0.2, -0.15) is 10.2 Å². The first kappa shape index (κ1) is 8.67. The number of aryl methyl sites for hydroxylation is 1. The Kier molecular flexibility index (Phi) is 2.06. The number of aromatic nitrogens is 2. The summed E-state index contributed by atoms with van der Waals surface area (Å²) in [7, 11) is 0. The molecule has 0 atom stereocenters. The summed E-state index contributed by atoms with van der Waals surface area (Å²) in [6, 6.07) is 0. The van der Waals surface area contributed by atoms with Crippen LogP contribution in [-0.2, 0) is 12.8 Å². The second-order valence-corrected chi connectivity index (χ2v) is 4.14. The van der Waals surface area contributed by atoms with Crippen LogP contribution in [0.5, 0.6) is 0 Å². The second-order valence-electron chi connectivity index (χ2n) is 4.14. The van der Waals surface area contributed by atoms with E-state index < -0.39 is 0 Å². The third kappa shape index (κ3) is 1.34. The van der Waals surface area contributed by atoms with Gasteiger partial charge in [-0.05, 0) is 43.2 Å². The molecule has 1 heterocycles. The van der Waals surface area contributed by atoms with Gasteiger partial charge in [0.1, 0.15) is 0 Å². The molecule has 0 bridgehead atoms. The van der Waals surface area contributed by atoms with Crippen molar-refractivity contribution >= 4 is 0 Å². The lowest BCUT2D eigenvalue weighted by Gasteiger charge is -2.10. The molecular weight excluding hydrogens is 160 g/mol. The third-order valence-electron chi connectivity index (χ3n) is 2.82. The molecule has 70 valence electrons. The molecule has 1 aromatic heterocycles. The van der Waals surface area contributed by atoms with Crippen molar-refractivity contribution in [2.24, 2.45) is 0 Å². The Hall–Kier alpha value is -0.920. The van der Waals surface area contributed by atoms with Gasteiger partial charge in [0.2, 0.25) is 0 Å². The maximum Gasteiger partial charge on any atom is 0.0691 e. The largest absolute Gasteiger partial charge is 0.155 e. The second kappa shape index (κ2) is 3.09. The van der Waals surface area contributed by atoms with Gasteiger partial charge >= 0.3 is 0 Å². The average molecular weight is 176 g/mol. The van der Waals surface area contributed by atoms with E-state index in [0.717, 1.165) is 5.69 Å². The van der Waals surface area contributed by atoms with E-state index in [1.54, 1.807) is 0 Å². The molecule has 2 nitrogen and oxygen atoms in total. The van der Waals surface area contributed by atoms with Crippen molar-refractivity contribution in [3.05, 3.63) is 22.5 Å². The van der Waals surface area contributed by atoms with Gasteiger partial charge in [-0.1, -0.05) is 13.8 Å². The molecule has 2 heteroatoms. The lowest BCUT2D eigenvalue weighted by Crippen LogP contribution is -2.04. The zero-order valence-corrected chi connectivity index (χ0v) is 8.59. The van der Waals surface area contributed by atoms with Crippen molar-refractivity contribution in [1.29, 1.82) is 0 Å². The van der Waals surface area contributed by atoms with Crippen molar-refractivity contribution < 1.29 is 0 Å². The van der Waals surface area contributed by atoms with Crippen LogP contribution in [0.4, 0.5) is 0 Å². The van der Waals surface area contributed by atoms with Crippen molar-refractivity contribution in [1.82, 2.24) is 10.2 Å². The Morgan fingerprint density at radius 1 is 1.08 bits per heavy atom. The van der Waals surface area contributed by atoms with Gasteiger partial charge in [-0.3, -0.25) is 0 Å². The zero-order chi connectivity index (χ0) is 9.42. The van der Waals surface area contributed by atoms with Gasteiger partial charge < -0.3 is 0 Å². The number of rotatable bonds is 1. The van der Waals surface area contributed by atoms with Gasteiger partial charge in [0.25, 0.3) is 0 Å². The molecule has 0 spiro atoms. The Balaban J connectivity index is 2.56. The quantitative estimate of drug-likeness (QED) is 0.656. The Morgan fingerprint density at radius 2 is 1.77 bits per heavy atom. The predicted octanol–water partition coefficient (Wildman–Crippen LogP) is 2.40. The lowest BCUT2D eigenvalue weighted by atomic mass is 10.0. The number of hydrogen-bond acceptors (Lipinski definition) is 2. The SMILES string of the molecule is Cc1nnc(C(C)C)c2c1CCC2. The summed E-state index contributed by atoms with van der Waals surface area (Å²) in [5, 5.41) is 8.52. The van der Waals surface area contributed by atoms with Gasteiger partial charge in [0, 0.05) is 0 Å². The van der Waals surface area contributed by atoms with E-state index in [-0.39, 0.29) is 0 Å². The molecule has 0 aromatic carbocycles. The summed E-state index contributed by atoms with van der Waals surface area (Å²) in [5.41, 5.74) is 5.32. The number of fused-ring (bicyclic) bond motifs is 1. The fourth-order valence-electron chi connectivity index (χ4n) is 2.14. The van der Waals surface area contributed by atoms with E-state index in [2.05, 4.69) is 31.0 Å². The molecule has 13 heavy (non-hydrogen) atoms. The smallest absolute Gasteiger partial charge is 0.0691 e. The number of hydrogen-bond donors (Lipinski definition) is 0. The molecular formula is C11H16N2. The highest BCUT2D eigenvalue weighted by Gasteiger charge is 2.20. The molecule has 0 N–H and O–H groups in total. The van der Waals surface area contributed by atoms with E-state index in [1.807, 2.05) is 0 Å². The minimum atomic E-state index is 0.514. The Morgan fingerprint density at radius 3 is 2.46 bits per heavy atom. The predicted molar refractivity (Wildman–Crippen MR) is 52.9 cm³/mol. The maximum atomic E-state index is 4.30. The summed E-state index contributed by atoms with van der Waals surface area (Å²) >= 11 is 0. The molecule has 1 aliphatic rings. The molecule has 0 amide bonds. The molecule has 1 aliphatic carbocycles. The van der Waals surface area contributed by atoms with Crippen LogP contribution >= 0.6 is 0 Å². The van der Waals surface area contributed by atoms with Crippen LogP contribution < -0.4 is 0 Å². The Labute approximate surface area is 79.4 Å². The van der Waals surface area contributed by atoms with Crippen molar-refractivity contribution in [3.8, 4) is 0 Å². The number of nitrogens with zero attached hydrogens (tertiary/aromatic N) is 2. The first-order valence-electron chi connectivity index (χ1n) is 5.05. The van der Waals surface area contributed by atoms with E-state index in [0.29, 0.717) is 5.92 Å². The zero-order valence-electron chi connectivity index (χ0n) is 8.59. The van der Waals surface area contributed by atoms with Crippen LogP contribution in [-0.4, -0.2) is 10.2 Å². The summed E-state index contributed by atoms with van der Waals surface area (Å²) in [6.45, 7) is 6.46. The molecule has 2 rings (SSSR count).